The van der Waals surface area contributed by atoms with Gasteiger partial charge in [0.25, 0.3) is 0 Å². The second kappa shape index (κ2) is 6.02. The number of benzene rings is 1. The van der Waals surface area contributed by atoms with E-state index < -0.39 is 0 Å². The fraction of sp³-hybridized carbons (Fsp3) is 0.571. The number of nitrogens with one attached hydrogen (secondary N) is 1. The van der Waals surface area contributed by atoms with Crippen LogP contribution in [-0.4, -0.2) is 12.6 Å². The lowest BCUT2D eigenvalue weighted by molar-refractivity contribution is 0.267. The molecule has 0 amide bonds. The average Bonchev–Trinajstić information content (AvgIpc) is 2.38. The van der Waals surface area contributed by atoms with Gasteiger partial charge in [0.05, 0.1) is 0 Å². The molecule has 0 saturated heterocycles. The Morgan fingerprint density at radius 1 is 1.12 bits per heavy atom. The molecular weight excluding hydrogens is 196 g/mol. The van der Waals surface area contributed by atoms with E-state index in [0.717, 1.165) is 13.1 Å². The largest absolute Gasteiger partial charge is 0.330 e. The molecule has 1 saturated carbocycles. The van der Waals surface area contributed by atoms with Crippen LogP contribution in [0.5, 0.6) is 0 Å². The van der Waals surface area contributed by atoms with Crippen molar-refractivity contribution in [1.29, 1.82) is 0 Å². The first kappa shape index (κ1) is 11.6. The molecule has 2 rings (SSSR count). The third-order valence-corrected chi connectivity index (χ3v) is 3.62. The molecule has 2 heteroatoms. The highest BCUT2D eigenvalue weighted by atomic mass is 14.9. The highest BCUT2D eigenvalue weighted by molar-refractivity contribution is 5.14. The quantitative estimate of drug-likeness (QED) is 0.813. The van der Waals surface area contributed by atoms with Gasteiger partial charge in [-0.15, -0.1) is 0 Å². The molecular formula is C14H22N2. The zero-order valence-electron chi connectivity index (χ0n) is 9.86. The third kappa shape index (κ3) is 3.06. The van der Waals surface area contributed by atoms with Gasteiger partial charge < -0.3 is 11.1 Å². The Morgan fingerprint density at radius 3 is 2.62 bits per heavy atom. The maximum absolute atomic E-state index is 5.82. The highest BCUT2D eigenvalue weighted by Crippen LogP contribution is 2.23. The summed E-state index contributed by atoms with van der Waals surface area (Å²) < 4.78 is 0. The molecule has 1 aromatic rings. The van der Waals surface area contributed by atoms with E-state index in [0.29, 0.717) is 12.0 Å². The van der Waals surface area contributed by atoms with Crippen LogP contribution >= 0.6 is 0 Å². The van der Waals surface area contributed by atoms with E-state index in [9.17, 15) is 0 Å². The lowest BCUT2D eigenvalue weighted by atomic mass is 9.84. The van der Waals surface area contributed by atoms with Crippen LogP contribution in [-0.2, 0) is 6.54 Å². The molecule has 88 valence electrons. The van der Waals surface area contributed by atoms with Gasteiger partial charge in [-0.25, -0.2) is 0 Å². The fourth-order valence-corrected chi connectivity index (χ4v) is 2.60. The molecule has 1 aromatic carbocycles. The number of nitrogens with two attached hydrogens (primary N) is 1. The summed E-state index contributed by atoms with van der Waals surface area (Å²) in [5.74, 6) is 0.678. The summed E-state index contributed by atoms with van der Waals surface area (Å²) in [6.45, 7) is 1.80. The van der Waals surface area contributed by atoms with Crippen LogP contribution in [0.3, 0.4) is 0 Å². The van der Waals surface area contributed by atoms with Crippen LogP contribution in [0.2, 0.25) is 0 Å². The first-order valence-electron chi connectivity index (χ1n) is 6.37. The Kier molecular flexibility index (Phi) is 4.37. The summed E-state index contributed by atoms with van der Waals surface area (Å²) in [6.07, 6.45) is 5.28. The summed E-state index contributed by atoms with van der Waals surface area (Å²) in [6, 6.07) is 11.2. The van der Waals surface area contributed by atoms with Crippen LogP contribution in [0.15, 0.2) is 30.3 Å². The van der Waals surface area contributed by atoms with Crippen molar-refractivity contribution in [2.45, 2.75) is 38.3 Å². The first-order chi connectivity index (χ1) is 7.90. The summed E-state index contributed by atoms with van der Waals surface area (Å²) >= 11 is 0. The predicted octanol–water partition coefficient (Wildman–Crippen LogP) is 2.29. The minimum absolute atomic E-state index is 0.624. The summed E-state index contributed by atoms with van der Waals surface area (Å²) in [5.41, 5.74) is 7.19. The van der Waals surface area contributed by atoms with E-state index in [2.05, 4.69) is 35.6 Å². The Hall–Kier alpha value is -0.860. The Bertz CT molecular complexity index is 297. The van der Waals surface area contributed by atoms with Crippen LogP contribution in [0.1, 0.15) is 31.2 Å². The smallest absolute Gasteiger partial charge is 0.0208 e. The zero-order chi connectivity index (χ0) is 11.2. The van der Waals surface area contributed by atoms with Crippen molar-refractivity contribution in [2.75, 3.05) is 6.54 Å². The van der Waals surface area contributed by atoms with E-state index in [-0.39, 0.29) is 0 Å². The molecule has 0 spiro atoms. The highest BCUT2D eigenvalue weighted by Gasteiger charge is 2.22. The van der Waals surface area contributed by atoms with Gasteiger partial charge in [0, 0.05) is 12.6 Å². The van der Waals surface area contributed by atoms with E-state index >= 15 is 0 Å². The predicted molar refractivity (Wildman–Crippen MR) is 68.1 cm³/mol. The zero-order valence-corrected chi connectivity index (χ0v) is 9.86. The third-order valence-electron chi connectivity index (χ3n) is 3.62. The van der Waals surface area contributed by atoms with Gasteiger partial charge in [0.15, 0.2) is 0 Å². The van der Waals surface area contributed by atoms with Gasteiger partial charge in [-0.2, -0.15) is 0 Å². The molecule has 0 unspecified atom stereocenters. The van der Waals surface area contributed by atoms with Crippen molar-refractivity contribution in [3.05, 3.63) is 35.9 Å². The van der Waals surface area contributed by atoms with E-state index in [1.54, 1.807) is 0 Å². The number of rotatable bonds is 4. The second-order valence-electron chi connectivity index (χ2n) is 4.75. The lowest BCUT2D eigenvalue weighted by Gasteiger charge is -2.31. The standard InChI is InChI=1S/C14H22N2/c15-10-13-8-4-5-9-14(13)16-11-12-6-2-1-3-7-12/h1-3,6-7,13-14,16H,4-5,8-11,15H2/t13-,14-/m0/s1. The monoisotopic (exact) mass is 218 g/mol. The van der Waals surface area contributed by atoms with Gasteiger partial charge in [-0.3, -0.25) is 0 Å². The molecule has 0 aliphatic heterocycles. The second-order valence-corrected chi connectivity index (χ2v) is 4.75. The van der Waals surface area contributed by atoms with Gasteiger partial charge in [0.1, 0.15) is 0 Å². The molecule has 16 heavy (non-hydrogen) atoms. The van der Waals surface area contributed by atoms with Gasteiger partial charge in [-0.05, 0) is 30.9 Å². The Labute approximate surface area is 98.2 Å². The Balaban J connectivity index is 1.84. The SMILES string of the molecule is NC[C@@H]1CCCC[C@@H]1NCc1ccccc1. The van der Waals surface area contributed by atoms with Crippen LogP contribution in [0, 0.1) is 5.92 Å². The normalized spacial score (nSPS) is 25.6. The summed E-state index contributed by atoms with van der Waals surface area (Å²) in [5, 5.41) is 3.66. The minimum atomic E-state index is 0.624. The van der Waals surface area contributed by atoms with Crippen molar-refractivity contribution in [2.24, 2.45) is 11.7 Å². The van der Waals surface area contributed by atoms with Crippen molar-refractivity contribution in [3.63, 3.8) is 0 Å². The summed E-state index contributed by atoms with van der Waals surface area (Å²) in [7, 11) is 0. The lowest BCUT2D eigenvalue weighted by Crippen LogP contribution is -2.41. The van der Waals surface area contributed by atoms with Gasteiger partial charge in [-0.1, -0.05) is 43.2 Å². The maximum atomic E-state index is 5.82. The molecule has 0 radical (unpaired) electrons. The molecule has 0 bridgehead atoms. The van der Waals surface area contributed by atoms with Gasteiger partial charge in [0.2, 0.25) is 0 Å². The van der Waals surface area contributed by atoms with Crippen molar-refractivity contribution in [3.8, 4) is 0 Å². The van der Waals surface area contributed by atoms with Crippen LogP contribution in [0.25, 0.3) is 0 Å². The first-order valence-corrected chi connectivity index (χ1v) is 6.37. The summed E-state index contributed by atoms with van der Waals surface area (Å²) in [4.78, 5) is 0. The van der Waals surface area contributed by atoms with E-state index in [1.165, 1.54) is 31.2 Å². The van der Waals surface area contributed by atoms with Crippen molar-refractivity contribution in [1.82, 2.24) is 5.32 Å². The molecule has 1 aliphatic carbocycles. The molecule has 1 fully saturated rings. The van der Waals surface area contributed by atoms with Crippen molar-refractivity contribution >= 4 is 0 Å². The Morgan fingerprint density at radius 2 is 1.88 bits per heavy atom. The topological polar surface area (TPSA) is 38.0 Å². The van der Waals surface area contributed by atoms with Gasteiger partial charge >= 0.3 is 0 Å². The van der Waals surface area contributed by atoms with Crippen LogP contribution in [0.4, 0.5) is 0 Å². The minimum Gasteiger partial charge on any atom is -0.330 e. The molecule has 0 heterocycles. The number of hydrogen-bond donors (Lipinski definition) is 2. The van der Waals surface area contributed by atoms with Crippen LogP contribution < -0.4 is 11.1 Å². The molecule has 1 aliphatic rings. The maximum Gasteiger partial charge on any atom is 0.0208 e. The molecule has 2 nitrogen and oxygen atoms in total. The van der Waals surface area contributed by atoms with Crippen molar-refractivity contribution < 1.29 is 0 Å². The average molecular weight is 218 g/mol. The van der Waals surface area contributed by atoms with E-state index in [4.69, 9.17) is 5.73 Å². The molecule has 2 atom stereocenters. The fourth-order valence-electron chi connectivity index (χ4n) is 2.60. The number of hydrogen-bond acceptors (Lipinski definition) is 2. The molecule has 3 N–H and O–H groups in total. The van der Waals surface area contributed by atoms with E-state index in [1.807, 2.05) is 0 Å². The molecule has 0 aromatic heterocycles.